The highest BCUT2D eigenvalue weighted by molar-refractivity contribution is 5.96. The zero-order valence-corrected chi connectivity index (χ0v) is 12.8. The molecule has 0 fully saturated rings. The third kappa shape index (κ3) is 2.74. The largest absolute Gasteiger partial charge is 0.478 e. The third-order valence-electron chi connectivity index (χ3n) is 4.09. The van der Waals surface area contributed by atoms with Gasteiger partial charge in [-0.3, -0.25) is 0 Å². The molecular weight excluding hydrogens is 282 g/mol. The van der Waals surface area contributed by atoms with E-state index in [1.807, 2.05) is 37.3 Å². The van der Waals surface area contributed by atoms with Crippen LogP contribution in [0.25, 0.3) is 0 Å². The van der Waals surface area contributed by atoms with E-state index < -0.39 is 17.9 Å². The fourth-order valence-corrected chi connectivity index (χ4v) is 3.06. The summed E-state index contributed by atoms with van der Waals surface area (Å²) in [5, 5.41) is 22.0. The average Bonchev–Trinajstić information content (AvgIpc) is 2.45. The van der Waals surface area contributed by atoms with E-state index in [-0.39, 0.29) is 17.1 Å². The van der Waals surface area contributed by atoms with Gasteiger partial charge >= 0.3 is 11.9 Å². The van der Waals surface area contributed by atoms with Crippen LogP contribution in [0.3, 0.4) is 0 Å². The molecule has 0 radical (unpaired) electrons. The van der Waals surface area contributed by atoms with Crippen LogP contribution in [-0.2, 0) is 9.59 Å². The molecule has 116 valence electrons. The van der Waals surface area contributed by atoms with Gasteiger partial charge in [-0.2, -0.15) is 0 Å². The van der Waals surface area contributed by atoms with Gasteiger partial charge in [-0.15, -0.1) is 0 Å². The Morgan fingerprint density at radius 3 is 1.86 bits per heavy atom. The van der Waals surface area contributed by atoms with Gasteiger partial charge in [0.05, 0.1) is 11.1 Å². The molecule has 1 aliphatic rings. The number of hydrogen-bond donors (Lipinski definition) is 3. The van der Waals surface area contributed by atoms with Crippen molar-refractivity contribution in [1.29, 1.82) is 0 Å². The van der Waals surface area contributed by atoms with Gasteiger partial charge in [-0.05, 0) is 25.3 Å². The first kappa shape index (κ1) is 15.8. The van der Waals surface area contributed by atoms with E-state index in [1.54, 1.807) is 13.8 Å². The van der Waals surface area contributed by atoms with Crippen molar-refractivity contribution in [3.8, 4) is 0 Å². The summed E-state index contributed by atoms with van der Waals surface area (Å²) in [7, 11) is 0. The lowest BCUT2D eigenvalue weighted by atomic mass is 9.74. The second-order valence-corrected chi connectivity index (χ2v) is 5.49. The lowest BCUT2D eigenvalue weighted by Gasteiger charge is -2.32. The molecule has 1 aromatic carbocycles. The first-order valence-electron chi connectivity index (χ1n) is 7.04. The Balaban J connectivity index is 2.60. The number of hydrogen-bond acceptors (Lipinski definition) is 3. The minimum atomic E-state index is -1.09. The molecule has 0 saturated carbocycles. The van der Waals surface area contributed by atoms with Crippen LogP contribution in [0.2, 0.25) is 0 Å². The molecule has 1 aliphatic heterocycles. The zero-order valence-electron chi connectivity index (χ0n) is 12.8. The summed E-state index contributed by atoms with van der Waals surface area (Å²) in [6, 6.07) is 9.37. The molecule has 1 heterocycles. The van der Waals surface area contributed by atoms with E-state index in [4.69, 9.17) is 0 Å². The highest BCUT2D eigenvalue weighted by atomic mass is 16.4. The Hall–Kier alpha value is -2.56. The lowest BCUT2D eigenvalue weighted by Crippen LogP contribution is -2.34. The van der Waals surface area contributed by atoms with Crippen LogP contribution >= 0.6 is 0 Å². The van der Waals surface area contributed by atoms with Crippen LogP contribution in [0.4, 0.5) is 0 Å². The maximum Gasteiger partial charge on any atom is 0.333 e. The summed E-state index contributed by atoms with van der Waals surface area (Å²) >= 11 is 0. The van der Waals surface area contributed by atoms with Gasteiger partial charge in [0.15, 0.2) is 0 Å². The van der Waals surface area contributed by atoms with Crippen LogP contribution in [0.1, 0.15) is 32.3 Å². The van der Waals surface area contributed by atoms with Crippen molar-refractivity contribution in [2.45, 2.75) is 26.7 Å². The molecule has 0 bridgehead atoms. The van der Waals surface area contributed by atoms with Crippen LogP contribution in [-0.4, -0.2) is 22.2 Å². The van der Waals surface area contributed by atoms with Gasteiger partial charge in [-0.25, -0.2) is 9.59 Å². The molecule has 22 heavy (non-hydrogen) atoms. The summed E-state index contributed by atoms with van der Waals surface area (Å²) < 4.78 is 0. The number of carboxylic acid groups (broad SMARTS) is 2. The monoisotopic (exact) mass is 301 g/mol. The predicted octanol–water partition coefficient (Wildman–Crippen LogP) is 2.73. The van der Waals surface area contributed by atoms with Gasteiger partial charge < -0.3 is 15.5 Å². The van der Waals surface area contributed by atoms with E-state index in [0.717, 1.165) is 5.56 Å². The molecule has 5 nitrogen and oxygen atoms in total. The highest BCUT2D eigenvalue weighted by Crippen LogP contribution is 2.40. The molecule has 0 aliphatic carbocycles. The molecule has 5 heteroatoms. The van der Waals surface area contributed by atoms with Crippen molar-refractivity contribution in [2.75, 3.05) is 0 Å². The predicted molar refractivity (Wildman–Crippen MR) is 82.2 cm³/mol. The number of carboxylic acids is 2. The number of allylic oxidation sites excluding steroid dienone is 2. The first-order chi connectivity index (χ1) is 10.3. The van der Waals surface area contributed by atoms with E-state index in [2.05, 4.69) is 5.32 Å². The molecule has 0 spiro atoms. The van der Waals surface area contributed by atoms with Crippen molar-refractivity contribution < 1.29 is 19.8 Å². The number of benzene rings is 1. The first-order valence-corrected chi connectivity index (χ1v) is 7.04. The summed E-state index contributed by atoms with van der Waals surface area (Å²) in [6.45, 7) is 5.18. The number of dihydropyridines is 1. The summed E-state index contributed by atoms with van der Waals surface area (Å²) in [5.74, 6) is -3.14. The SMILES string of the molecule is CC1=C(C(=O)O)C(C(C)c2ccccc2)C(C(=O)O)=C(C)N1. The minimum absolute atomic E-state index is 0.111. The molecule has 0 aromatic heterocycles. The number of carbonyl (C=O) groups is 2. The zero-order chi connectivity index (χ0) is 16.4. The Kier molecular flexibility index (Phi) is 4.35. The Labute approximate surface area is 129 Å². The summed E-state index contributed by atoms with van der Waals surface area (Å²) in [4.78, 5) is 23.3. The second kappa shape index (κ2) is 6.05. The lowest BCUT2D eigenvalue weighted by molar-refractivity contribution is -0.134. The van der Waals surface area contributed by atoms with Crippen LogP contribution in [0, 0.1) is 5.92 Å². The Morgan fingerprint density at radius 2 is 1.45 bits per heavy atom. The quantitative estimate of drug-likeness (QED) is 0.796. The van der Waals surface area contributed by atoms with E-state index in [9.17, 15) is 19.8 Å². The van der Waals surface area contributed by atoms with E-state index in [0.29, 0.717) is 11.4 Å². The normalized spacial score (nSPS) is 17.2. The average molecular weight is 301 g/mol. The molecule has 3 N–H and O–H groups in total. The number of aliphatic carboxylic acids is 2. The maximum atomic E-state index is 11.7. The van der Waals surface area contributed by atoms with Gasteiger partial charge in [0, 0.05) is 17.3 Å². The smallest absolute Gasteiger partial charge is 0.333 e. The molecule has 0 amide bonds. The van der Waals surface area contributed by atoms with Crippen molar-refractivity contribution in [2.24, 2.45) is 5.92 Å². The molecule has 0 saturated heterocycles. The van der Waals surface area contributed by atoms with Crippen LogP contribution in [0.5, 0.6) is 0 Å². The van der Waals surface area contributed by atoms with Crippen molar-refractivity contribution in [3.63, 3.8) is 0 Å². The van der Waals surface area contributed by atoms with Gasteiger partial charge in [0.25, 0.3) is 0 Å². The van der Waals surface area contributed by atoms with E-state index in [1.165, 1.54) is 0 Å². The number of rotatable bonds is 4. The standard InChI is InChI=1S/C17H19NO4/c1-9(12-7-5-4-6-8-12)13-14(16(19)20)10(2)18-11(3)15(13)17(21)22/h4-9,13,18H,1-3H3,(H,19,20)(H,21,22). The number of nitrogens with one attached hydrogen (secondary N) is 1. The minimum Gasteiger partial charge on any atom is -0.478 e. The van der Waals surface area contributed by atoms with Gasteiger partial charge in [-0.1, -0.05) is 37.3 Å². The Morgan fingerprint density at radius 1 is 1.00 bits per heavy atom. The topological polar surface area (TPSA) is 86.6 Å². The molecule has 2 rings (SSSR count). The molecule has 1 aromatic rings. The fourth-order valence-electron chi connectivity index (χ4n) is 3.06. The third-order valence-corrected chi connectivity index (χ3v) is 4.09. The second-order valence-electron chi connectivity index (χ2n) is 5.49. The molecular formula is C17H19NO4. The summed E-state index contributed by atoms with van der Waals surface area (Å²) in [6.07, 6.45) is 0. The van der Waals surface area contributed by atoms with Crippen LogP contribution < -0.4 is 5.32 Å². The van der Waals surface area contributed by atoms with Crippen molar-refractivity contribution in [3.05, 3.63) is 58.4 Å². The molecule has 1 unspecified atom stereocenters. The van der Waals surface area contributed by atoms with Gasteiger partial charge in [0.2, 0.25) is 0 Å². The van der Waals surface area contributed by atoms with Gasteiger partial charge in [0.1, 0.15) is 0 Å². The van der Waals surface area contributed by atoms with Crippen LogP contribution in [0.15, 0.2) is 52.9 Å². The van der Waals surface area contributed by atoms with Crippen molar-refractivity contribution >= 4 is 11.9 Å². The summed E-state index contributed by atoms with van der Waals surface area (Å²) in [5.41, 5.74) is 2.11. The van der Waals surface area contributed by atoms with Crippen molar-refractivity contribution in [1.82, 2.24) is 5.32 Å². The maximum absolute atomic E-state index is 11.7. The Bertz CT molecular complexity index is 637. The fraction of sp³-hybridized carbons (Fsp3) is 0.294. The molecule has 1 atom stereocenters. The highest BCUT2D eigenvalue weighted by Gasteiger charge is 2.38. The van der Waals surface area contributed by atoms with E-state index >= 15 is 0 Å².